The lowest BCUT2D eigenvalue weighted by Gasteiger charge is -2.15. The Balaban J connectivity index is 2.21. The largest absolute Gasteiger partial charge is 0.291 e. The maximum absolute atomic E-state index is 11.8. The molecule has 0 bridgehead atoms. The lowest BCUT2D eigenvalue weighted by atomic mass is 10.2. The van der Waals surface area contributed by atoms with Crippen molar-refractivity contribution in [2.75, 3.05) is 12.3 Å². The van der Waals surface area contributed by atoms with Crippen molar-refractivity contribution in [3.8, 4) is 6.07 Å². The van der Waals surface area contributed by atoms with Crippen LogP contribution < -0.4 is 0 Å². The zero-order valence-electron chi connectivity index (χ0n) is 10.8. The monoisotopic (exact) mass is 273 g/mol. The van der Waals surface area contributed by atoms with Crippen LogP contribution in [0.1, 0.15) is 25.3 Å². The summed E-state index contributed by atoms with van der Waals surface area (Å²) in [5, 5.41) is 9.61. The van der Waals surface area contributed by atoms with Crippen LogP contribution in [-0.2, 0) is 4.79 Å². The second-order valence-corrected chi connectivity index (χ2v) is 5.19. The summed E-state index contributed by atoms with van der Waals surface area (Å²) in [5.74, 6) is 0.578. The predicted octanol–water partition coefficient (Wildman–Crippen LogP) is 2.92. The van der Waals surface area contributed by atoms with E-state index in [2.05, 4.69) is 18.0 Å². The molecule has 0 atom stereocenters. The molecule has 1 aliphatic rings. The molecule has 0 aromatic heterocycles. The standard InChI is InChI=1S/C14H15N3OS/c1-2-3-7-17-13(18)10-19-14(17)16-12-6-4-5-11(8-12)9-15/h4-6,8H,2-3,7,10H2,1H3/b16-14-. The van der Waals surface area contributed by atoms with Crippen molar-refractivity contribution in [2.45, 2.75) is 19.8 Å². The number of rotatable bonds is 4. The number of aliphatic imine (C=N–C) groups is 1. The van der Waals surface area contributed by atoms with E-state index in [-0.39, 0.29) is 5.91 Å². The highest BCUT2D eigenvalue weighted by molar-refractivity contribution is 8.15. The molecule has 0 radical (unpaired) electrons. The van der Waals surface area contributed by atoms with E-state index >= 15 is 0 Å². The Bertz CT molecular complexity index is 548. The number of hydrogen-bond acceptors (Lipinski definition) is 4. The molecule has 0 aliphatic carbocycles. The highest BCUT2D eigenvalue weighted by Gasteiger charge is 2.27. The lowest BCUT2D eigenvalue weighted by molar-refractivity contribution is -0.124. The van der Waals surface area contributed by atoms with E-state index in [1.165, 1.54) is 11.8 Å². The van der Waals surface area contributed by atoms with Crippen molar-refractivity contribution < 1.29 is 4.79 Å². The number of carbonyl (C=O) groups excluding carboxylic acids is 1. The fraction of sp³-hybridized carbons (Fsp3) is 0.357. The van der Waals surface area contributed by atoms with Gasteiger partial charge in [0.2, 0.25) is 5.91 Å². The van der Waals surface area contributed by atoms with Gasteiger partial charge in [-0.25, -0.2) is 4.99 Å². The van der Waals surface area contributed by atoms with Crippen molar-refractivity contribution in [1.29, 1.82) is 5.26 Å². The summed E-state index contributed by atoms with van der Waals surface area (Å²) < 4.78 is 0. The molecule has 4 nitrogen and oxygen atoms in total. The van der Waals surface area contributed by atoms with E-state index in [4.69, 9.17) is 5.26 Å². The lowest BCUT2D eigenvalue weighted by Crippen LogP contribution is -2.30. The van der Waals surface area contributed by atoms with Crippen LogP contribution in [0.5, 0.6) is 0 Å². The summed E-state index contributed by atoms with van der Waals surface area (Å²) in [4.78, 5) is 18.0. The van der Waals surface area contributed by atoms with E-state index in [1.807, 2.05) is 6.07 Å². The topological polar surface area (TPSA) is 56.5 Å². The molecular weight excluding hydrogens is 258 g/mol. The van der Waals surface area contributed by atoms with Gasteiger partial charge in [0.15, 0.2) is 5.17 Å². The molecule has 5 heteroatoms. The summed E-state index contributed by atoms with van der Waals surface area (Å²) in [5.41, 5.74) is 1.30. The Hall–Kier alpha value is -1.80. The molecule has 1 saturated heterocycles. The number of carbonyl (C=O) groups is 1. The van der Waals surface area contributed by atoms with Gasteiger partial charge in [0.05, 0.1) is 23.1 Å². The van der Waals surface area contributed by atoms with Crippen LogP contribution in [0.2, 0.25) is 0 Å². The molecule has 2 rings (SSSR count). The van der Waals surface area contributed by atoms with Gasteiger partial charge in [-0.1, -0.05) is 31.2 Å². The van der Waals surface area contributed by atoms with Crippen molar-refractivity contribution >= 4 is 28.5 Å². The Labute approximate surface area is 117 Å². The van der Waals surface area contributed by atoms with Gasteiger partial charge in [-0.2, -0.15) is 5.26 Å². The molecular formula is C14H15N3OS. The van der Waals surface area contributed by atoms with Gasteiger partial charge in [-0.05, 0) is 24.6 Å². The number of hydrogen-bond donors (Lipinski definition) is 0. The maximum atomic E-state index is 11.8. The summed E-state index contributed by atoms with van der Waals surface area (Å²) in [7, 11) is 0. The molecule has 1 amide bonds. The summed E-state index contributed by atoms with van der Waals surface area (Å²) in [6.07, 6.45) is 2.02. The van der Waals surface area contributed by atoms with Gasteiger partial charge in [0.1, 0.15) is 0 Å². The van der Waals surface area contributed by atoms with Crippen LogP contribution in [0.3, 0.4) is 0 Å². The molecule has 0 saturated carbocycles. The average molecular weight is 273 g/mol. The first kappa shape index (κ1) is 13.6. The number of nitriles is 1. The third kappa shape index (κ3) is 3.36. The molecule has 1 heterocycles. The van der Waals surface area contributed by atoms with Crippen molar-refractivity contribution in [2.24, 2.45) is 4.99 Å². The molecule has 19 heavy (non-hydrogen) atoms. The zero-order valence-corrected chi connectivity index (χ0v) is 11.6. The highest BCUT2D eigenvalue weighted by Crippen LogP contribution is 2.24. The quantitative estimate of drug-likeness (QED) is 0.847. The van der Waals surface area contributed by atoms with Crippen LogP contribution in [0.15, 0.2) is 29.3 Å². The normalized spacial score (nSPS) is 16.9. The Kier molecular flexibility index (Phi) is 4.58. The van der Waals surface area contributed by atoms with Crippen molar-refractivity contribution in [1.82, 2.24) is 4.90 Å². The summed E-state index contributed by atoms with van der Waals surface area (Å²) >= 11 is 1.46. The van der Waals surface area contributed by atoms with E-state index in [9.17, 15) is 4.79 Å². The molecule has 0 N–H and O–H groups in total. The number of amidine groups is 1. The maximum Gasteiger partial charge on any atom is 0.239 e. The first-order valence-electron chi connectivity index (χ1n) is 6.26. The number of amides is 1. The molecule has 1 aromatic rings. The van der Waals surface area contributed by atoms with Crippen molar-refractivity contribution in [3.63, 3.8) is 0 Å². The fourth-order valence-electron chi connectivity index (χ4n) is 1.77. The number of thioether (sulfide) groups is 1. The van der Waals surface area contributed by atoms with Crippen LogP contribution in [0.4, 0.5) is 5.69 Å². The second-order valence-electron chi connectivity index (χ2n) is 4.24. The Morgan fingerprint density at radius 1 is 1.53 bits per heavy atom. The first-order valence-corrected chi connectivity index (χ1v) is 7.25. The molecule has 1 fully saturated rings. The van der Waals surface area contributed by atoms with E-state index < -0.39 is 0 Å². The van der Waals surface area contributed by atoms with Crippen LogP contribution in [-0.4, -0.2) is 28.3 Å². The smallest absolute Gasteiger partial charge is 0.239 e. The summed E-state index contributed by atoms with van der Waals surface area (Å²) in [6, 6.07) is 9.21. The van der Waals surface area contributed by atoms with Crippen molar-refractivity contribution in [3.05, 3.63) is 29.8 Å². The Morgan fingerprint density at radius 2 is 2.37 bits per heavy atom. The minimum atomic E-state index is 0.119. The van der Waals surface area contributed by atoms with Gasteiger partial charge >= 0.3 is 0 Å². The molecule has 1 aromatic carbocycles. The minimum absolute atomic E-state index is 0.119. The van der Waals surface area contributed by atoms with Gasteiger partial charge in [-0.15, -0.1) is 0 Å². The van der Waals surface area contributed by atoms with E-state index in [1.54, 1.807) is 23.1 Å². The Morgan fingerprint density at radius 3 is 3.11 bits per heavy atom. The van der Waals surface area contributed by atoms with Gasteiger partial charge in [0.25, 0.3) is 0 Å². The van der Waals surface area contributed by atoms with Gasteiger partial charge in [-0.3, -0.25) is 9.69 Å². The number of nitrogens with zero attached hydrogens (tertiary/aromatic N) is 3. The number of unbranched alkanes of at least 4 members (excludes halogenated alkanes) is 1. The molecule has 0 spiro atoms. The molecule has 0 unspecified atom stereocenters. The second kappa shape index (κ2) is 6.39. The SMILES string of the molecule is CCCCN1C(=O)CS/C1=N\c1cccc(C#N)c1. The van der Waals surface area contributed by atoms with E-state index in [0.29, 0.717) is 11.3 Å². The predicted molar refractivity (Wildman–Crippen MR) is 77.3 cm³/mol. The minimum Gasteiger partial charge on any atom is -0.291 e. The van der Waals surface area contributed by atoms with Crippen LogP contribution in [0.25, 0.3) is 0 Å². The third-order valence-corrected chi connectivity index (χ3v) is 3.75. The van der Waals surface area contributed by atoms with Crippen LogP contribution >= 0.6 is 11.8 Å². The van der Waals surface area contributed by atoms with E-state index in [0.717, 1.165) is 30.2 Å². The highest BCUT2D eigenvalue weighted by atomic mass is 32.2. The first-order chi connectivity index (χ1) is 9.24. The molecule has 98 valence electrons. The zero-order chi connectivity index (χ0) is 13.7. The third-order valence-electron chi connectivity index (χ3n) is 2.79. The average Bonchev–Trinajstić information content (AvgIpc) is 2.77. The fourth-order valence-corrected chi connectivity index (χ4v) is 2.70. The van der Waals surface area contributed by atoms with Crippen LogP contribution in [0, 0.1) is 11.3 Å². The number of benzene rings is 1. The molecule has 1 aliphatic heterocycles. The summed E-state index contributed by atoms with van der Waals surface area (Å²) in [6.45, 7) is 2.82. The van der Waals surface area contributed by atoms with Gasteiger partial charge in [0, 0.05) is 6.54 Å². The van der Waals surface area contributed by atoms with Gasteiger partial charge < -0.3 is 0 Å².